The first-order chi connectivity index (χ1) is 14.5. The highest BCUT2D eigenvalue weighted by atomic mass is 19.1. The summed E-state index contributed by atoms with van der Waals surface area (Å²) in [6.07, 6.45) is 5.82. The number of aromatic nitrogens is 2. The summed E-state index contributed by atoms with van der Waals surface area (Å²) < 4.78 is 16.0. The van der Waals surface area contributed by atoms with Crippen LogP contribution in [0.1, 0.15) is 43.5 Å². The molecule has 0 aliphatic rings. The van der Waals surface area contributed by atoms with Gasteiger partial charge in [-0.1, -0.05) is 50.2 Å². The summed E-state index contributed by atoms with van der Waals surface area (Å²) in [6.45, 7) is 5.80. The Morgan fingerprint density at radius 1 is 1.03 bits per heavy atom. The van der Waals surface area contributed by atoms with E-state index in [-0.39, 0.29) is 0 Å². The van der Waals surface area contributed by atoms with Crippen molar-refractivity contribution in [1.29, 1.82) is 0 Å². The van der Waals surface area contributed by atoms with Crippen LogP contribution in [0.4, 0.5) is 4.39 Å². The molecule has 2 heterocycles. The van der Waals surface area contributed by atoms with E-state index in [1.165, 1.54) is 6.20 Å². The van der Waals surface area contributed by atoms with Crippen molar-refractivity contribution < 1.29 is 4.39 Å². The molecule has 4 rings (SSSR count). The van der Waals surface area contributed by atoms with E-state index in [9.17, 15) is 0 Å². The van der Waals surface area contributed by atoms with Crippen LogP contribution in [0.5, 0.6) is 0 Å². The van der Waals surface area contributed by atoms with E-state index in [4.69, 9.17) is 10.7 Å². The highest BCUT2D eigenvalue weighted by molar-refractivity contribution is 6.15. The molecule has 0 spiro atoms. The zero-order valence-electron chi connectivity index (χ0n) is 17.6. The number of hydrogen-bond acceptors (Lipinski definition) is 3. The topological polar surface area (TPSA) is 51.8 Å². The van der Waals surface area contributed by atoms with Gasteiger partial charge < -0.3 is 5.73 Å². The van der Waals surface area contributed by atoms with Crippen LogP contribution in [0, 0.1) is 6.92 Å². The first kappa shape index (κ1) is 20.0. The van der Waals surface area contributed by atoms with Gasteiger partial charge in [-0.2, -0.15) is 0 Å². The number of nitrogens with zero attached hydrogens (tertiary/aromatic N) is 2. The molecule has 0 bridgehead atoms. The quantitative estimate of drug-likeness (QED) is 0.381. The Morgan fingerprint density at radius 3 is 2.37 bits per heavy atom. The first-order valence-corrected chi connectivity index (χ1v) is 10.4. The van der Waals surface area contributed by atoms with Gasteiger partial charge in [0.1, 0.15) is 5.67 Å². The molecule has 3 nitrogen and oxygen atoms in total. The summed E-state index contributed by atoms with van der Waals surface area (Å²) in [4.78, 5) is 9.55. The van der Waals surface area contributed by atoms with Gasteiger partial charge in [-0.3, -0.25) is 4.98 Å². The Kier molecular flexibility index (Phi) is 5.25. The van der Waals surface area contributed by atoms with E-state index in [1.54, 1.807) is 12.3 Å². The van der Waals surface area contributed by atoms with Crippen LogP contribution in [0.15, 0.2) is 60.9 Å². The van der Waals surface area contributed by atoms with Gasteiger partial charge in [-0.15, -0.1) is 0 Å². The van der Waals surface area contributed by atoms with Crippen molar-refractivity contribution in [3.63, 3.8) is 0 Å². The Labute approximate surface area is 176 Å². The van der Waals surface area contributed by atoms with Crippen LogP contribution >= 0.6 is 0 Å². The van der Waals surface area contributed by atoms with Crippen LogP contribution in [0.2, 0.25) is 0 Å². The maximum atomic E-state index is 16.0. The predicted octanol–water partition coefficient (Wildman–Crippen LogP) is 6.67. The van der Waals surface area contributed by atoms with Crippen LogP contribution < -0.4 is 5.73 Å². The highest BCUT2D eigenvalue weighted by Crippen LogP contribution is 2.44. The SMILES string of the molecule is CCC(F)(CC)c1cc(C)c(-c2ccccn2)c2c1nc(/C=C\N)c1ccccc12. The molecule has 2 aromatic carbocycles. The lowest BCUT2D eigenvalue weighted by molar-refractivity contribution is 0.153. The lowest BCUT2D eigenvalue weighted by Gasteiger charge is -2.26. The molecule has 30 heavy (non-hydrogen) atoms. The van der Waals surface area contributed by atoms with Crippen molar-refractivity contribution in [2.45, 2.75) is 39.3 Å². The third-order valence-corrected chi connectivity index (χ3v) is 5.98. The smallest absolute Gasteiger partial charge is 0.137 e. The van der Waals surface area contributed by atoms with Gasteiger partial charge >= 0.3 is 0 Å². The average molecular weight is 400 g/mol. The predicted molar refractivity (Wildman–Crippen MR) is 124 cm³/mol. The zero-order chi connectivity index (χ0) is 21.3. The third-order valence-electron chi connectivity index (χ3n) is 5.98. The minimum atomic E-state index is -1.45. The minimum absolute atomic E-state index is 0.386. The van der Waals surface area contributed by atoms with E-state index in [2.05, 4.69) is 11.1 Å². The standard InChI is InChI=1S/C26H26FN3/c1-4-26(27,5-2)20-16-17(3)23(22-12-8-9-15-29-22)24-19-11-7-6-10-18(19)21(13-14-28)30-25(20)24/h6-16H,4-5,28H2,1-3H3/b14-13-. The van der Waals surface area contributed by atoms with Gasteiger partial charge in [0.05, 0.1) is 16.9 Å². The molecule has 2 N–H and O–H groups in total. The number of benzene rings is 2. The summed E-state index contributed by atoms with van der Waals surface area (Å²) in [5, 5.41) is 2.95. The lowest BCUT2D eigenvalue weighted by Crippen LogP contribution is -2.19. The number of rotatable bonds is 5. The molecule has 4 heteroatoms. The van der Waals surface area contributed by atoms with E-state index >= 15 is 4.39 Å². The van der Waals surface area contributed by atoms with Gasteiger partial charge in [-0.25, -0.2) is 9.37 Å². The normalized spacial score (nSPS) is 12.3. The fourth-order valence-electron chi connectivity index (χ4n) is 4.32. The largest absolute Gasteiger partial charge is 0.405 e. The molecule has 4 aromatic rings. The molecule has 0 fully saturated rings. The van der Waals surface area contributed by atoms with E-state index < -0.39 is 5.67 Å². The maximum absolute atomic E-state index is 16.0. The number of hydrogen-bond donors (Lipinski definition) is 1. The van der Waals surface area contributed by atoms with Crippen molar-refractivity contribution in [2.24, 2.45) is 5.73 Å². The Morgan fingerprint density at radius 2 is 1.73 bits per heavy atom. The van der Waals surface area contributed by atoms with Crippen molar-refractivity contribution in [3.05, 3.63) is 77.7 Å². The molecule has 0 saturated carbocycles. The number of halogens is 1. The average Bonchev–Trinajstić information content (AvgIpc) is 2.79. The van der Waals surface area contributed by atoms with Crippen molar-refractivity contribution in [2.75, 3.05) is 0 Å². The van der Waals surface area contributed by atoms with Gasteiger partial charge in [0.25, 0.3) is 0 Å². The second-order valence-electron chi connectivity index (χ2n) is 7.63. The molecule has 0 aliphatic heterocycles. The molecule has 0 radical (unpaired) electrons. The molecular formula is C26H26FN3. The van der Waals surface area contributed by atoms with Crippen LogP contribution in [0.3, 0.4) is 0 Å². The van der Waals surface area contributed by atoms with Gasteiger partial charge in [0.15, 0.2) is 0 Å². The first-order valence-electron chi connectivity index (χ1n) is 10.4. The number of pyridine rings is 2. The van der Waals surface area contributed by atoms with Gasteiger partial charge in [-0.05, 0) is 55.1 Å². The summed E-state index contributed by atoms with van der Waals surface area (Å²) in [7, 11) is 0. The van der Waals surface area contributed by atoms with Crippen molar-refractivity contribution in [3.8, 4) is 11.3 Å². The number of fused-ring (bicyclic) bond motifs is 3. The molecule has 0 unspecified atom stereocenters. The fourth-order valence-corrected chi connectivity index (χ4v) is 4.32. The van der Waals surface area contributed by atoms with E-state index in [1.807, 2.05) is 63.2 Å². The second kappa shape index (κ2) is 7.86. The van der Waals surface area contributed by atoms with Gasteiger partial charge in [0, 0.05) is 28.1 Å². The Hall–Kier alpha value is -3.27. The van der Waals surface area contributed by atoms with E-state index in [0.29, 0.717) is 23.9 Å². The molecule has 0 atom stereocenters. The molecule has 0 aliphatic carbocycles. The minimum Gasteiger partial charge on any atom is -0.405 e. The third kappa shape index (κ3) is 3.13. The second-order valence-corrected chi connectivity index (χ2v) is 7.63. The highest BCUT2D eigenvalue weighted by Gasteiger charge is 2.32. The van der Waals surface area contributed by atoms with Crippen LogP contribution in [-0.2, 0) is 5.67 Å². The lowest BCUT2D eigenvalue weighted by atomic mass is 9.83. The summed E-state index contributed by atoms with van der Waals surface area (Å²) in [6, 6.07) is 15.9. The van der Waals surface area contributed by atoms with Crippen LogP contribution in [-0.4, -0.2) is 9.97 Å². The fraction of sp³-hybridized carbons (Fsp3) is 0.231. The van der Waals surface area contributed by atoms with Crippen molar-refractivity contribution in [1.82, 2.24) is 9.97 Å². The van der Waals surface area contributed by atoms with Gasteiger partial charge in [0.2, 0.25) is 0 Å². The molecule has 0 saturated heterocycles. The van der Waals surface area contributed by atoms with Crippen molar-refractivity contribution >= 4 is 27.8 Å². The number of aryl methyl sites for hydroxylation is 1. The Balaban J connectivity index is 2.28. The monoisotopic (exact) mass is 399 g/mol. The molecule has 152 valence electrons. The Bertz CT molecular complexity index is 1240. The molecule has 2 aromatic heterocycles. The molecular weight excluding hydrogens is 373 g/mol. The molecule has 0 amide bonds. The zero-order valence-corrected chi connectivity index (χ0v) is 17.6. The number of alkyl halides is 1. The summed E-state index contributed by atoms with van der Waals surface area (Å²) in [5.41, 5.74) is 9.17. The van der Waals surface area contributed by atoms with Crippen LogP contribution in [0.25, 0.3) is 39.0 Å². The summed E-state index contributed by atoms with van der Waals surface area (Å²) in [5.74, 6) is 0. The summed E-state index contributed by atoms with van der Waals surface area (Å²) >= 11 is 0. The number of nitrogens with two attached hydrogens (primary N) is 1. The van der Waals surface area contributed by atoms with E-state index in [0.717, 1.165) is 38.7 Å². The maximum Gasteiger partial charge on any atom is 0.137 e.